The van der Waals surface area contributed by atoms with E-state index in [1.165, 1.54) is 63.7 Å². The Morgan fingerprint density at radius 3 is 2.15 bits per heavy atom. The van der Waals surface area contributed by atoms with Gasteiger partial charge in [0.2, 0.25) is 11.8 Å². The van der Waals surface area contributed by atoms with Crippen LogP contribution >= 0.6 is 11.6 Å². The molecule has 0 fully saturated rings. The van der Waals surface area contributed by atoms with Gasteiger partial charge in [0.05, 0.1) is 39.0 Å². The first-order valence-corrected chi connectivity index (χ1v) is 16.5. The first kappa shape index (κ1) is 36.3. The molecule has 0 saturated carbocycles. The predicted molar refractivity (Wildman–Crippen MR) is 178 cm³/mol. The molecule has 0 saturated heterocycles. The molecule has 0 aromatic heterocycles. The fourth-order valence-electron chi connectivity index (χ4n) is 4.79. The Labute approximate surface area is 276 Å². The molecule has 1 N–H and O–H groups in total. The van der Waals surface area contributed by atoms with E-state index in [9.17, 15) is 18.0 Å². The lowest BCUT2D eigenvalue weighted by atomic mass is 10.1. The number of nitrogens with zero attached hydrogens (tertiary/aromatic N) is 2. The van der Waals surface area contributed by atoms with Crippen LogP contribution in [0.3, 0.4) is 0 Å². The Morgan fingerprint density at radius 2 is 1.54 bits per heavy atom. The van der Waals surface area contributed by atoms with E-state index in [-0.39, 0.29) is 51.9 Å². The summed E-state index contributed by atoms with van der Waals surface area (Å²) in [5, 5.41) is 3.14. The van der Waals surface area contributed by atoms with Gasteiger partial charge in [-0.2, -0.15) is 0 Å². The number of carbonyl (C=O) groups is 2. The monoisotopic (exact) mass is 675 g/mol. The fraction of sp³-hybridized carbons (Fsp3) is 0.394. The van der Waals surface area contributed by atoms with Crippen LogP contribution in [0.15, 0.2) is 65.6 Å². The Kier molecular flexibility index (Phi) is 13.0. The quantitative estimate of drug-likeness (QED) is 0.221. The maximum Gasteiger partial charge on any atom is 0.265 e. The molecule has 0 aliphatic rings. The third-order valence-electron chi connectivity index (χ3n) is 7.19. The number of methoxy groups -OCH3 is 4. The standard InChI is InChI=1S/C33H42ClN3O8S/c1-8-27(33(39)35-19-22(2)3)36(20-23-10-9-11-25(16-23)42-4)32(38)21-37(28-17-24(34)12-14-29(28)43-5)46(40,41)26-13-15-30(44-6)31(18-26)45-7/h9-18,22,27H,8,19-21H2,1-7H3,(H,35,39)/t27-/m1/s1. The summed E-state index contributed by atoms with van der Waals surface area (Å²) in [4.78, 5) is 29.1. The predicted octanol–water partition coefficient (Wildman–Crippen LogP) is 5.15. The summed E-state index contributed by atoms with van der Waals surface area (Å²) in [6.45, 7) is 5.48. The van der Waals surface area contributed by atoms with Crippen LogP contribution in [-0.4, -0.2) is 72.7 Å². The Hall–Kier alpha value is -4.16. The number of anilines is 1. The summed E-state index contributed by atoms with van der Waals surface area (Å²) in [7, 11) is 1.29. The summed E-state index contributed by atoms with van der Waals surface area (Å²) in [5.41, 5.74) is 0.731. The maximum atomic E-state index is 14.4. The summed E-state index contributed by atoms with van der Waals surface area (Å²) in [6, 6.07) is 14.8. The van der Waals surface area contributed by atoms with Gasteiger partial charge < -0.3 is 29.2 Å². The van der Waals surface area contributed by atoms with E-state index < -0.39 is 28.5 Å². The highest BCUT2D eigenvalue weighted by Crippen LogP contribution is 2.37. The van der Waals surface area contributed by atoms with E-state index >= 15 is 0 Å². The highest BCUT2D eigenvalue weighted by Gasteiger charge is 2.35. The van der Waals surface area contributed by atoms with Crippen molar-refractivity contribution in [1.82, 2.24) is 10.2 Å². The second-order valence-electron chi connectivity index (χ2n) is 10.8. The number of sulfonamides is 1. The minimum Gasteiger partial charge on any atom is -0.497 e. The van der Waals surface area contributed by atoms with Gasteiger partial charge in [-0.05, 0) is 60.4 Å². The van der Waals surface area contributed by atoms with Crippen LogP contribution in [0.4, 0.5) is 5.69 Å². The van der Waals surface area contributed by atoms with Crippen molar-refractivity contribution in [3.63, 3.8) is 0 Å². The minimum absolute atomic E-state index is 0.0145. The molecule has 0 bridgehead atoms. The lowest BCUT2D eigenvalue weighted by Crippen LogP contribution is -2.52. The van der Waals surface area contributed by atoms with Gasteiger partial charge in [-0.15, -0.1) is 0 Å². The third kappa shape index (κ3) is 8.76. The van der Waals surface area contributed by atoms with Crippen LogP contribution < -0.4 is 28.6 Å². The summed E-state index contributed by atoms with van der Waals surface area (Å²) in [5.74, 6) is 0.460. The number of carbonyl (C=O) groups excluding carboxylic acids is 2. The molecule has 13 heteroatoms. The van der Waals surface area contributed by atoms with Crippen molar-refractivity contribution in [1.29, 1.82) is 0 Å². The molecule has 3 rings (SSSR count). The minimum atomic E-state index is -4.46. The molecule has 11 nitrogen and oxygen atoms in total. The highest BCUT2D eigenvalue weighted by atomic mass is 35.5. The Morgan fingerprint density at radius 1 is 0.870 bits per heavy atom. The lowest BCUT2D eigenvalue weighted by Gasteiger charge is -2.33. The zero-order valence-electron chi connectivity index (χ0n) is 27.2. The van der Waals surface area contributed by atoms with E-state index in [1.807, 2.05) is 13.8 Å². The SMILES string of the molecule is CC[C@H](C(=O)NCC(C)C)N(Cc1cccc(OC)c1)C(=O)CN(c1cc(Cl)ccc1OC)S(=O)(=O)c1ccc(OC)c(OC)c1. The molecular formula is C33H42ClN3O8S. The van der Waals surface area contributed by atoms with Crippen molar-refractivity contribution in [3.05, 3.63) is 71.2 Å². The van der Waals surface area contributed by atoms with Crippen LogP contribution in [0.5, 0.6) is 23.0 Å². The second-order valence-corrected chi connectivity index (χ2v) is 13.1. The fourth-order valence-corrected chi connectivity index (χ4v) is 6.38. The van der Waals surface area contributed by atoms with Crippen LogP contribution in [0.2, 0.25) is 5.02 Å². The van der Waals surface area contributed by atoms with Crippen LogP contribution in [-0.2, 0) is 26.2 Å². The zero-order valence-corrected chi connectivity index (χ0v) is 28.8. The molecular weight excluding hydrogens is 634 g/mol. The molecule has 3 aromatic rings. The number of nitrogens with one attached hydrogen (secondary N) is 1. The normalized spacial score (nSPS) is 11.8. The third-order valence-corrected chi connectivity index (χ3v) is 9.18. The number of rotatable bonds is 16. The first-order chi connectivity index (χ1) is 21.9. The molecule has 0 radical (unpaired) electrons. The van der Waals surface area contributed by atoms with E-state index in [1.54, 1.807) is 37.3 Å². The van der Waals surface area contributed by atoms with E-state index in [2.05, 4.69) is 5.32 Å². The van der Waals surface area contributed by atoms with Gasteiger partial charge in [0, 0.05) is 24.2 Å². The molecule has 0 aliphatic carbocycles. The molecule has 250 valence electrons. The lowest BCUT2D eigenvalue weighted by molar-refractivity contribution is -0.140. The smallest absolute Gasteiger partial charge is 0.265 e. The van der Waals surface area contributed by atoms with Crippen molar-refractivity contribution in [2.45, 2.75) is 44.7 Å². The number of benzene rings is 3. The molecule has 0 spiro atoms. The van der Waals surface area contributed by atoms with Crippen molar-refractivity contribution in [3.8, 4) is 23.0 Å². The Balaban J connectivity index is 2.17. The number of hydrogen-bond donors (Lipinski definition) is 1. The summed E-state index contributed by atoms with van der Waals surface area (Å²) < 4.78 is 51.2. The molecule has 0 unspecified atom stereocenters. The second kappa shape index (κ2) is 16.4. The number of ether oxygens (including phenoxy) is 4. The van der Waals surface area contributed by atoms with Crippen LogP contribution in [0, 0.1) is 5.92 Å². The number of amides is 2. The first-order valence-electron chi connectivity index (χ1n) is 14.7. The van der Waals surface area contributed by atoms with Crippen LogP contribution in [0.25, 0.3) is 0 Å². The number of halogens is 1. The van der Waals surface area contributed by atoms with Crippen LogP contribution in [0.1, 0.15) is 32.8 Å². The zero-order chi connectivity index (χ0) is 34.0. The van der Waals surface area contributed by atoms with Crippen molar-refractivity contribution >= 4 is 39.1 Å². The number of hydrogen-bond acceptors (Lipinski definition) is 8. The van der Waals surface area contributed by atoms with E-state index in [4.69, 9.17) is 30.5 Å². The van der Waals surface area contributed by atoms with E-state index in [0.717, 1.165) is 4.31 Å². The molecule has 0 aliphatic heterocycles. The van der Waals surface area contributed by atoms with Gasteiger partial charge in [-0.1, -0.05) is 44.5 Å². The average molecular weight is 676 g/mol. The largest absolute Gasteiger partial charge is 0.497 e. The van der Waals surface area contributed by atoms with E-state index in [0.29, 0.717) is 23.6 Å². The van der Waals surface area contributed by atoms with Crippen molar-refractivity contribution in [2.75, 3.05) is 45.8 Å². The van der Waals surface area contributed by atoms with Crippen molar-refractivity contribution < 1.29 is 37.0 Å². The topological polar surface area (TPSA) is 124 Å². The van der Waals surface area contributed by atoms with Crippen molar-refractivity contribution in [2.24, 2.45) is 5.92 Å². The van der Waals surface area contributed by atoms with Gasteiger partial charge in [-0.25, -0.2) is 8.42 Å². The van der Waals surface area contributed by atoms with Gasteiger partial charge in [0.1, 0.15) is 24.1 Å². The Bertz CT molecular complexity index is 1620. The molecule has 3 aromatic carbocycles. The average Bonchev–Trinajstić information content (AvgIpc) is 3.05. The van der Waals surface area contributed by atoms with Gasteiger partial charge in [-0.3, -0.25) is 13.9 Å². The molecule has 2 amide bonds. The molecule has 1 atom stereocenters. The summed E-state index contributed by atoms with van der Waals surface area (Å²) in [6.07, 6.45) is 0.280. The van der Waals surface area contributed by atoms with Gasteiger partial charge in [0.15, 0.2) is 11.5 Å². The molecule has 0 heterocycles. The van der Waals surface area contributed by atoms with Gasteiger partial charge >= 0.3 is 0 Å². The maximum absolute atomic E-state index is 14.4. The summed E-state index contributed by atoms with van der Waals surface area (Å²) >= 11 is 6.34. The van der Waals surface area contributed by atoms with Gasteiger partial charge in [0.25, 0.3) is 10.0 Å². The molecule has 46 heavy (non-hydrogen) atoms. The highest BCUT2D eigenvalue weighted by molar-refractivity contribution is 7.92.